The molecule has 30 heavy (non-hydrogen) atoms. The zero-order valence-corrected chi connectivity index (χ0v) is 17.0. The molecular formula is C23H19N3O3S. The molecule has 0 aliphatic carbocycles. The summed E-state index contributed by atoms with van der Waals surface area (Å²) in [5.74, 6) is 0.565. The van der Waals surface area contributed by atoms with E-state index in [1.165, 1.54) is 18.7 Å². The quantitative estimate of drug-likeness (QED) is 0.422. The number of hydrogen-bond acceptors (Lipinski definition) is 5. The third-order valence-corrected chi connectivity index (χ3v) is 5.23. The fraction of sp³-hybridized carbons (Fsp3) is 0.0870. The lowest BCUT2D eigenvalue weighted by Gasteiger charge is -2.07. The Labute approximate surface area is 177 Å². The van der Waals surface area contributed by atoms with Crippen LogP contribution in [0, 0.1) is 0 Å². The van der Waals surface area contributed by atoms with Crippen LogP contribution in [0.25, 0.3) is 22.6 Å². The van der Waals surface area contributed by atoms with Gasteiger partial charge in [-0.05, 0) is 54.6 Å². The summed E-state index contributed by atoms with van der Waals surface area (Å²) in [4.78, 5) is 28.8. The van der Waals surface area contributed by atoms with E-state index in [2.05, 4.69) is 15.6 Å². The second-order valence-corrected chi connectivity index (χ2v) is 7.66. The summed E-state index contributed by atoms with van der Waals surface area (Å²) < 4.78 is 5.77. The molecule has 0 radical (unpaired) electrons. The smallest absolute Gasteiger partial charge is 0.234 e. The summed E-state index contributed by atoms with van der Waals surface area (Å²) in [6.07, 6.45) is 0. The van der Waals surface area contributed by atoms with Gasteiger partial charge in [-0.1, -0.05) is 18.2 Å². The minimum absolute atomic E-state index is 0.112. The van der Waals surface area contributed by atoms with Crippen LogP contribution in [0.3, 0.4) is 0 Å². The molecule has 0 saturated carbocycles. The standard InChI is InChI=1S/C23H19N3O3S/c1-15(27)24-18-5-4-6-19(13-18)30-14-22(28)25-17-11-9-16(10-12-17)23-26-20-7-2-3-8-21(20)29-23/h2-13H,14H2,1H3,(H,24,27)(H,25,28). The number of hydrogen-bond donors (Lipinski definition) is 2. The van der Waals surface area contributed by atoms with Crippen LogP contribution in [0.5, 0.6) is 0 Å². The number of carbonyl (C=O) groups excluding carboxylic acids is 2. The third-order valence-electron chi connectivity index (χ3n) is 4.23. The number of fused-ring (bicyclic) bond motifs is 1. The molecule has 3 aromatic carbocycles. The largest absolute Gasteiger partial charge is 0.436 e. The minimum atomic E-state index is -0.129. The predicted octanol–water partition coefficient (Wildman–Crippen LogP) is 5.18. The number of rotatable bonds is 6. The number of anilines is 2. The van der Waals surface area contributed by atoms with Crippen LogP contribution < -0.4 is 10.6 Å². The average Bonchev–Trinajstić information content (AvgIpc) is 3.17. The Hall–Kier alpha value is -3.58. The van der Waals surface area contributed by atoms with Crippen molar-refractivity contribution in [1.82, 2.24) is 4.98 Å². The SMILES string of the molecule is CC(=O)Nc1cccc(SCC(=O)Nc2ccc(-c3nc4ccccc4o3)cc2)c1. The van der Waals surface area contributed by atoms with E-state index in [0.717, 1.165) is 21.6 Å². The summed E-state index contributed by atoms with van der Waals surface area (Å²) >= 11 is 1.40. The second kappa shape index (κ2) is 8.84. The number of nitrogens with one attached hydrogen (secondary N) is 2. The Morgan fingerprint density at radius 1 is 0.933 bits per heavy atom. The van der Waals surface area contributed by atoms with Crippen molar-refractivity contribution < 1.29 is 14.0 Å². The molecule has 0 aliphatic rings. The highest BCUT2D eigenvalue weighted by Gasteiger charge is 2.09. The number of para-hydroxylation sites is 2. The highest BCUT2D eigenvalue weighted by atomic mass is 32.2. The first-order chi connectivity index (χ1) is 14.6. The lowest BCUT2D eigenvalue weighted by molar-refractivity contribution is -0.114. The Balaban J connectivity index is 1.35. The fourth-order valence-corrected chi connectivity index (χ4v) is 3.66. The number of oxazole rings is 1. The number of thioether (sulfide) groups is 1. The van der Waals surface area contributed by atoms with Crippen LogP contribution in [-0.2, 0) is 9.59 Å². The van der Waals surface area contributed by atoms with Gasteiger partial charge >= 0.3 is 0 Å². The summed E-state index contributed by atoms with van der Waals surface area (Å²) in [5, 5.41) is 5.62. The van der Waals surface area contributed by atoms with Crippen LogP contribution in [-0.4, -0.2) is 22.6 Å². The third kappa shape index (κ3) is 4.87. The van der Waals surface area contributed by atoms with E-state index in [1.807, 2.05) is 72.8 Å². The molecule has 2 N–H and O–H groups in total. The van der Waals surface area contributed by atoms with Crippen molar-refractivity contribution in [3.8, 4) is 11.5 Å². The monoisotopic (exact) mass is 417 g/mol. The van der Waals surface area contributed by atoms with Gasteiger partial charge in [-0.25, -0.2) is 4.98 Å². The molecule has 2 amide bonds. The van der Waals surface area contributed by atoms with Gasteiger partial charge in [0.15, 0.2) is 5.58 Å². The first-order valence-corrected chi connectivity index (χ1v) is 10.3. The molecule has 7 heteroatoms. The lowest BCUT2D eigenvalue weighted by Crippen LogP contribution is -2.13. The van der Waals surface area contributed by atoms with Gasteiger partial charge < -0.3 is 15.1 Å². The van der Waals surface area contributed by atoms with Gasteiger partial charge in [-0.3, -0.25) is 9.59 Å². The van der Waals surface area contributed by atoms with Crippen molar-refractivity contribution >= 4 is 46.1 Å². The van der Waals surface area contributed by atoms with Crippen molar-refractivity contribution in [2.24, 2.45) is 0 Å². The van der Waals surface area contributed by atoms with Crippen LogP contribution in [0.2, 0.25) is 0 Å². The Kier molecular flexibility index (Phi) is 5.81. The summed E-state index contributed by atoms with van der Waals surface area (Å²) in [5.41, 5.74) is 3.80. The van der Waals surface area contributed by atoms with E-state index < -0.39 is 0 Å². The molecule has 1 aromatic heterocycles. The fourth-order valence-electron chi connectivity index (χ4n) is 2.90. The van der Waals surface area contributed by atoms with Crippen LogP contribution in [0.15, 0.2) is 82.1 Å². The molecule has 4 rings (SSSR count). The van der Waals surface area contributed by atoms with Crippen LogP contribution >= 0.6 is 11.8 Å². The van der Waals surface area contributed by atoms with E-state index in [1.54, 1.807) is 0 Å². The first kappa shape index (κ1) is 19.7. The Morgan fingerprint density at radius 3 is 2.50 bits per heavy atom. The van der Waals surface area contributed by atoms with E-state index in [0.29, 0.717) is 17.3 Å². The summed E-state index contributed by atoms with van der Waals surface area (Å²) in [7, 11) is 0. The Bertz CT molecular complexity index is 1170. The zero-order valence-electron chi connectivity index (χ0n) is 16.2. The maximum absolute atomic E-state index is 12.3. The maximum Gasteiger partial charge on any atom is 0.234 e. The number of amides is 2. The van der Waals surface area contributed by atoms with Gasteiger partial charge in [0, 0.05) is 28.8 Å². The van der Waals surface area contributed by atoms with Crippen molar-refractivity contribution in [3.05, 3.63) is 72.8 Å². The summed E-state index contributed by atoms with van der Waals surface area (Å²) in [6.45, 7) is 1.46. The molecule has 0 atom stereocenters. The van der Waals surface area contributed by atoms with Crippen LogP contribution in [0.4, 0.5) is 11.4 Å². The summed E-state index contributed by atoms with van der Waals surface area (Å²) in [6, 6.07) is 22.4. The van der Waals surface area contributed by atoms with E-state index in [-0.39, 0.29) is 17.6 Å². The van der Waals surface area contributed by atoms with Gasteiger partial charge in [0.1, 0.15) is 5.52 Å². The number of carbonyl (C=O) groups is 2. The van der Waals surface area contributed by atoms with E-state index in [4.69, 9.17) is 4.42 Å². The number of benzene rings is 3. The highest BCUT2D eigenvalue weighted by molar-refractivity contribution is 8.00. The van der Waals surface area contributed by atoms with Gasteiger partial charge in [-0.2, -0.15) is 0 Å². The topological polar surface area (TPSA) is 84.2 Å². The van der Waals surface area contributed by atoms with Gasteiger partial charge in [0.25, 0.3) is 0 Å². The van der Waals surface area contributed by atoms with Crippen molar-refractivity contribution in [1.29, 1.82) is 0 Å². The molecule has 0 fully saturated rings. The highest BCUT2D eigenvalue weighted by Crippen LogP contribution is 2.26. The zero-order chi connectivity index (χ0) is 20.9. The molecule has 0 saturated heterocycles. The Morgan fingerprint density at radius 2 is 1.73 bits per heavy atom. The molecule has 0 unspecified atom stereocenters. The molecule has 4 aromatic rings. The van der Waals surface area contributed by atoms with Gasteiger partial charge in [0.2, 0.25) is 17.7 Å². The molecule has 150 valence electrons. The predicted molar refractivity (Wildman–Crippen MR) is 120 cm³/mol. The number of nitrogens with zero attached hydrogens (tertiary/aromatic N) is 1. The van der Waals surface area contributed by atoms with Crippen molar-refractivity contribution in [2.45, 2.75) is 11.8 Å². The molecular weight excluding hydrogens is 398 g/mol. The van der Waals surface area contributed by atoms with Gasteiger partial charge in [-0.15, -0.1) is 11.8 Å². The number of aromatic nitrogens is 1. The average molecular weight is 417 g/mol. The second-order valence-electron chi connectivity index (χ2n) is 6.61. The van der Waals surface area contributed by atoms with Crippen molar-refractivity contribution in [3.63, 3.8) is 0 Å². The van der Waals surface area contributed by atoms with E-state index >= 15 is 0 Å². The lowest BCUT2D eigenvalue weighted by atomic mass is 10.2. The van der Waals surface area contributed by atoms with Gasteiger partial charge in [0.05, 0.1) is 5.75 Å². The van der Waals surface area contributed by atoms with E-state index in [9.17, 15) is 9.59 Å². The maximum atomic E-state index is 12.3. The minimum Gasteiger partial charge on any atom is -0.436 e. The normalized spacial score (nSPS) is 10.7. The molecule has 0 spiro atoms. The molecule has 6 nitrogen and oxygen atoms in total. The molecule has 1 heterocycles. The molecule has 0 bridgehead atoms. The molecule has 0 aliphatic heterocycles. The first-order valence-electron chi connectivity index (χ1n) is 9.33. The van der Waals surface area contributed by atoms with Crippen LogP contribution in [0.1, 0.15) is 6.92 Å². The van der Waals surface area contributed by atoms with Crippen molar-refractivity contribution in [2.75, 3.05) is 16.4 Å².